The van der Waals surface area contributed by atoms with E-state index in [4.69, 9.17) is 18.8 Å². The van der Waals surface area contributed by atoms with Crippen LogP contribution in [0.25, 0.3) is 87.5 Å². The van der Waals surface area contributed by atoms with Crippen molar-refractivity contribution in [2.75, 3.05) is 0 Å². The van der Waals surface area contributed by atoms with Crippen molar-refractivity contribution in [2.24, 2.45) is 22.7 Å². The minimum absolute atomic E-state index is 0.0463. The maximum absolute atomic E-state index is 14.5. The molecule has 0 N–H and O–H groups in total. The number of carbonyl (C=O) groups is 1. The average molecular weight is 749 g/mol. The van der Waals surface area contributed by atoms with Crippen LogP contribution in [0.5, 0.6) is 0 Å². The van der Waals surface area contributed by atoms with Gasteiger partial charge < -0.3 is 8.83 Å². The number of oxazole rings is 2. The van der Waals surface area contributed by atoms with Crippen LogP contribution >= 0.6 is 0 Å². The predicted octanol–water partition coefficient (Wildman–Crippen LogP) is 14.0. The fraction of sp³-hybridized carbons (Fsp3) is 0.327. The van der Waals surface area contributed by atoms with E-state index >= 15 is 0 Å². The topological polar surface area (TPSA) is 69.1 Å². The van der Waals surface area contributed by atoms with Gasteiger partial charge in [0.2, 0.25) is 0 Å². The Morgan fingerprint density at radius 3 is 1.65 bits per heavy atom. The second-order valence-corrected chi connectivity index (χ2v) is 19.9. The molecule has 11 rings (SSSR count). The van der Waals surface area contributed by atoms with Gasteiger partial charge >= 0.3 is 0 Å². The van der Waals surface area contributed by atoms with Crippen LogP contribution in [-0.2, 0) is 19.3 Å². The number of hydrogen-bond donors (Lipinski definition) is 0. The van der Waals surface area contributed by atoms with E-state index in [1.54, 1.807) is 0 Å². The standard InChI is InChI=1S/C52H48N2O3/c1-26(24-51(3,4)5)21-36-53-46-42-30-14-10-9-13-28(30)23-29-17-18-32-33-19-20-35-41-40(33)45(44(49(46)56-36)39(32)38(29)42)50-47(43(41)31-15-11-12-16-34(31)48(35)55)54-37(57-50)22-27(2)25-52(6,7)8/h9-20,26-27H,21-25H2,1-8H3. The summed E-state index contributed by atoms with van der Waals surface area (Å²) in [6.45, 7) is 18.4. The van der Waals surface area contributed by atoms with Crippen molar-refractivity contribution in [1.29, 1.82) is 0 Å². The summed E-state index contributed by atoms with van der Waals surface area (Å²) >= 11 is 0. The molecule has 0 saturated carbocycles. The maximum atomic E-state index is 14.5. The normalized spacial score (nSPS) is 15.1. The Morgan fingerprint density at radius 2 is 1.05 bits per heavy atom. The molecule has 0 fully saturated rings. The molecule has 57 heavy (non-hydrogen) atoms. The Morgan fingerprint density at radius 1 is 0.544 bits per heavy atom. The van der Waals surface area contributed by atoms with Crippen LogP contribution in [0, 0.1) is 22.7 Å². The van der Waals surface area contributed by atoms with E-state index in [2.05, 4.69) is 110 Å². The molecule has 5 heteroatoms. The van der Waals surface area contributed by atoms with Gasteiger partial charge in [0.1, 0.15) is 11.0 Å². The third-order valence-electron chi connectivity index (χ3n) is 12.6. The van der Waals surface area contributed by atoms with Gasteiger partial charge in [0.25, 0.3) is 0 Å². The van der Waals surface area contributed by atoms with Gasteiger partial charge in [-0.25, -0.2) is 9.97 Å². The van der Waals surface area contributed by atoms with Crippen molar-refractivity contribution in [3.05, 3.63) is 107 Å². The van der Waals surface area contributed by atoms with Crippen molar-refractivity contribution in [1.82, 2.24) is 9.97 Å². The fourth-order valence-corrected chi connectivity index (χ4v) is 11.1. The van der Waals surface area contributed by atoms with E-state index in [1.807, 2.05) is 18.2 Å². The molecule has 0 amide bonds. The molecule has 2 aromatic heterocycles. The quantitative estimate of drug-likeness (QED) is 0.125. The van der Waals surface area contributed by atoms with Crippen LogP contribution in [-0.4, -0.2) is 15.8 Å². The first-order valence-corrected chi connectivity index (χ1v) is 20.8. The molecule has 0 bridgehead atoms. The van der Waals surface area contributed by atoms with Crippen molar-refractivity contribution in [2.45, 2.75) is 87.5 Å². The lowest BCUT2D eigenvalue weighted by molar-refractivity contribution is 0.104. The zero-order chi connectivity index (χ0) is 39.3. The number of rotatable bonds is 6. The lowest BCUT2D eigenvalue weighted by Gasteiger charge is -2.26. The van der Waals surface area contributed by atoms with Gasteiger partial charge in [-0.15, -0.1) is 0 Å². The van der Waals surface area contributed by atoms with Crippen LogP contribution in [0.2, 0.25) is 0 Å². The third kappa shape index (κ3) is 5.10. The molecule has 9 aromatic rings. The van der Waals surface area contributed by atoms with Gasteiger partial charge in [0.15, 0.2) is 28.7 Å². The summed E-state index contributed by atoms with van der Waals surface area (Å²) in [5, 5.41) is 8.66. The lowest BCUT2D eigenvalue weighted by atomic mass is 9.76. The molecule has 284 valence electrons. The van der Waals surface area contributed by atoms with Gasteiger partial charge in [-0.3, -0.25) is 4.79 Å². The maximum Gasteiger partial charge on any atom is 0.195 e. The van der Waals surface area contributed by atoms with E-state index < -0.39 is 0 Å². The Balaban J connectivity index is 1.34. The molecule has 2 aliphatic carbocycles. The number of hydrogen-bond acceptors (Lipinski definition) is 5. The minimum atomic E-state index is 0.0463. The van der Waals surface area contributed by atoms with Gasteiger partial charge in [-0.2, -0.15) is 0 Å². The van der Waals surface area contributed by atoms with E-state index in [-0.39, 0.29) is 16.6 Å². The van der Waals surface area contributed by atoms with Crippen molar-refractivity contribution in [3.8, 4) is 22.3 Å². The predicted molar refractivity (Wildman–Crippen MR) is 234 cm³/mol. The number of aromatic nitrogens is 2. The highest BCUT2D eigenvalue weighted by Crippen LogP contribution is 2.56. The highest BCUT2D eigenvalue weighted by molar-refractivity contribution is 6.46. The molecule has 2 aliphatic rings. The van der Waals surface area contributed by atoms with Gasteiger partial charge in [0, 0.05) is 62.0 Å². The molecule has 0 saturated heterocycles. The summed E-state index contributed by atoms with van der Waals surface area (Å²) in [7, 11) is 0. The second-order valence-electron chi connectivity index (χ2n) is 19.9. The van der Waals surface area contributed by atoms with Crippen molar-refractivity contribution >= 4 is 71.1 Å². The first kappa shape index (κ1) is 34.7. The summed E-state index contributed by atoms with van der Waals surface area (Å²) in [4.78, 5) is 25.3. The van der Waals surface area contributed by atoms with Crippen LogP contribution in [0.1, 0.15) is 107 Å². The number of nitrogens with zero attached hydrogens (tertiary/aromatic N) is 2. The zero-order valence-corrected chi connectivity index (χ0v) is 34.2. The SMILES string of the molecule is CC(Cc1nc2c3c4c(ccc5c6ccc7c8c(c9nc(CC(C)CC(C)(C)C)oc9c(c86)c(c2o1)c45)-c1ccccc1C7=O)Cc1ccccc1-3)CC(C)(C)C. The summed E-state index contributed by atoms with van der Waals surface area (Å²) < 4.78 is 14.3. The summed E-state index contributed by atoms with van der Waals surface area (Å²) in [5.74, 6) is 2.29. The minimum Gasteiger partial charge on any atom is -0.440 e. The number of benzene rings is 7. The molecule has 5 nitrogen and oxygen atoms in total. The van der Waals surface area contributed by atoms with Gasteiger partial charge in [-0.1, -0.05) is 122 Å². The summed E-state index contributed by atoms with van der Waals surface area (Å²) in [6, 6.07) is 25.7. The zero-order valence-electron chi connectivity index (χ0n) is 34.2. The van der Waals surface area contributed by atoms with E-state index in [0.717, 1.165) is 115 Å². The van der Waals surface area contributed by atoms with E-state index in [9.17, 15) is 4.79 Å². The number of fused-ring (bicyclic) bond motifs is 12. The molecule has 2 atom stereocenters. The molecular formula is C52H48N2O3. The highest BCUT2D eigenvalue weighted by Gasteiger charge is 2.35. The van der Waals surface area contributed by atoms with Crippen LogP contribution in [0.3, 0.4) is 0 Å². The van der Waals surface area contributed by atoms with Crippen molar-refractivity contribution < 1.29 is 13.6 Å². The fourth-order valence-electron chi connectivity index (χ4n) is 11.1. The third-order valence-corrected chi connectivity index (χ3v) is 12.6. The largest absolute Gasteiger partial charge is 0.440 e. The second kappa shape index (κ2) is 11.8. The van der Waals surface area contributed by atoms with Crippen LogP contribution in [0.4, 0.5) is 0 Å². The molecule has 2 unspecified atom stereocenters. The molecular weight excluding hydrogens is 701 g/mol. The van der Waals surface area contributed by atoms with Crippen molar-refractivity contribution in [3.63, 3.8) is 0 Å². The summed E-state index contributed by atoms with van der Waals surface area (Å²) in [6.07, 6.45) is 4.43. The molecule has 2 heterocycles. The van der Waals surface area contributed by atoms with Crippen LogP contribution < -0.4 is 0 Å². The number of carbonyl (C=O) groups excluding carboxylic acids is 1. The molecule has 0 aliphatic heterocycles. The average Bonchev–Trinajstić information content (AvgIpc) is 3.76. The number of ketones is 1. The lowest BCUT2D eigenvalue weighted by Crippen LogP contribution is -2.13. The summed E-state index contributed by atoms with van der Waals surface area (Å²) in [5.41, 5.74) is 11.9. The first-order valence-electron chi connectivity index (χ1n) is 20.8. The molecule has 0 spiro atoms. The monoisotopic (exact) mass is 748 g/mol. The molecule has 0 radical (unpaired) electrons. The van der Waals surface area contributed by atoms with Crippen LogP contribution in [0.15, 0.2) is 81.6 Å². The van der Waals surface area contributed by atoms with Gasteiger partial charge in [-0.05, 0) is 86.4 Å². The van der Waals surface area contributed by atoms with E-state index in [1.165, 1.54) is 27.5 Å². The first-order chi connectivity index (χ1) is 27.2. The molecule has 7 aromatic carbocycles. The van der Waals surface area contributed by atoms with Gasteiger partial charge in [0.05, 0.1) is 0 Å². The smallest absolute Gasteiger partial charge is 0.195 e. The Labute approximate surface area is 332 Å². The Bertz CT molecular complexity index is 3180. The Hall–Kier alpha value is -5.55. The highest BCUT2D eigenvalue weighted by atomic mass is 16.4. The van der Waals surface area contributed by atoms with E-state index in [0.29, 0.717) is 23.0 Å². The Kier molecular flexibility index (Phi) is 7.15.